The summed E-state index contributed by atoms with van der Waals surface area (Å²) in [6, 6.07) is 7.29. The van der Waals surface area contributed by atoms with Crippen LogP contribution >= 0.6 is 11.6 Å². The van der Waals surface area contributed by atoms with Gasteiger partial charge in [0.25, 0.3) is 0 Å². The van der Waals surface area contributed by atoms with E-state index in [1.807, 2.05) is 12.1 Å². The van der Waals surface area contributed by atoms with Gasteiger partial charge in [-0.1, -0.05) is 29.8 Å². The number of rotatable bonds is 7. The molecule has 20 heavy (non-hydrogen) atoms. The van der Waals surface area contributed by atoms with Gasteiger partial charge in [0.05, 0.1) is 0 Å². The Hall–Kier alpha value is -1.81. The topological polar surface area (TPSA) is 49.4 Å². The molecular weight excluding hydrogens is 276 g/mol. The number of amides is 2. The van der Waals surface area contributed by atoms with Gasteiger partial charge in [-0.25, -0.2) is 0 Å². The Balaban J connectivity index is 2.34. The lowest BCUT2D eigenvalue weighted by Crippen LogP contribution is -2.33. The Labute approximate surface area is 124 Å². The predicted octanol–water partition coefficient (Wildman–Crippen LogP) is 2.38. The number of halogens is 1. The molecule has 0 aliphatic carbocycles. The van der Waals surface area contributed by atoms with Gasteiger partial charge in [0.2, 0.25) is 11.8 Å². The van der Waals surface area contributed by atoms with Crippen molar-refractivity contribution in [2.75, 3.05) is 13.1 Å². The van der Waals surface area contributed by atoms with E-state index in [0.717, 1.165) is 5.56 Å². The second-order valence-corrected chi connectivity index (χ2v) is 4.84. The maximum absolute atomic E-state index is 11.7. The molecule has 1 N–H and O–H groups in total. The highest BCUT2D eigenvalue weighted by Crippen LogP contribution is 2.09. The van der Waals surface area contributed by atoms with Crippen LogP contribution in [0.2, 0.25) is 5.02 Å². The van der Waals surface area contributed by atoms with Gasteiger partial charge in [0.1, 0.15) is 0 Å². The summed E-state index contributed by atoms with van der Waals surface area (Å²) in [6.45, 7) is 6.38. The molecule has 0 fully saturated rings. The summed E-state index contributed by atoms with van der Waals surface area (Å²) >= 11 is 5.79. The average Bonchev–Trinajstić information content (AvgIpc) is 2.42. The van der Waals surface area contributed by atoms with Gasteiger partial charge in [-0.05, 0) is 17.7 Å². The molecule has 108 valence electrons. The fourth-order valence-electron chi connectivity index (χ4n) is 1.66. The second-order valence-electron chi connectivity index (χ2n) is 4.41. The zero-order chi connectivity index (χ0) is 15.0. The zero-order valence-electron chi connectivity index (χ0n) is 11.6. The molecule has 0 aliphatic heterocycles. The lowest BCUT2D eigenvalue weighted by atomic mass is 10.2. The molecule has 2 amide bonds. The fraction of sp³-hybridized carbons (Fsp3) is 0.333. The molecule has 0 bridgehead atoms. The van der Waals surface area contributed by atoms with E-state index in [-0.39, 0.29) is 18.2 Å². The maximum atomic E-state index is 11.7. The van der Waals surface area contributed by atoms with Crippen LogP contribution in [0, 0.1) is 0 Å². The quantitative estimate of drug-likeness (QED) is 0.785. The van der Waals surface area contributed by atoms with E-state index >= 15 is 0 Å². The van der Waals surface area contributed by atoms with Gasteiger partial charge in [-0.15, -0.1) is 6.58 Å². The van der Waals surface area contributed by atoms with Crippen LogP contribution in [-0.4, -0.2) is 29.8 Å². The third-order valence-corrected chi connectivity index (χ3v) is 3.06. The van der Waals surface area contributed by atoms with Gasteiger partial charge in [0, 0.05) is 38.0 Å². The highest BCUT2D eigenvalue weighted by Gasteiger charge is 2.09. The summed E-state index contributed by atoms with van der Waals surface area (Å²) < 4.78 is 0. The Morgan fingerprint density at radius 1 is 1.35 bits per heavy atom. The molecule has 0 saturated heterocycles. The molecule has 0 heterocycles. The molecule has 0 spiro atoms. The maximum Gasteiger partial charge on any atom is 0.222 e. The molecule has 1 rings (SSSR count). The van der Waals surface area contributed by atoms with Crippen molar-refractivity contribution in [2.24, 2.45) is 0 Å². The first-order valence-corrected chi connectivity index (χ1v) is 6.78. The molecule has 4 nitrogen and oxygen atoms in total. The van der Waals surface area contributed by atoms with Crippen LogP contribution < -0.4 is 5.32 Å². The molecule has 0 saturated carbocycles. The summed E-state index contributed by atoms with van der Waals surface area (Å²) in [5.74, 6) is -0.148. The first-order valence-electron chi connectivity index (χ1n) is 6.40. The molecule has 0 atom stereocenters. The highest BCUT2D eigenvalue weighted by molar-refractivity contribution is 6.30. The van der Waals surface area contributed by atoms with Crippen molar-refractivity contribution in [3.05, 3.63) is 47.5 Å². The van der Waals surface area contributed by atoms with Crippen molar-refractivity contribution in [3.8, 4) is 0 Å². The third kappa shape index (κ3) is 5.89. The van der Waals surface area contributed by atoms with Crippen LogP contribution in [0.5, 0.6) is 0 Å². The van der Waals surface area contributed by atoms with Gasteiger partial charge in [-0.2, -0.15) is 0 Å². The normalized spacial score (nSPS) is 9.90. The van der Waals surface area contributed by atoms with Crippen molar-refractivity contribution in [1.29, 1.82) is 0 Å². The molecule has 0 aliphatic rings. The second kappa shape index (κ2) is 8.38. The van der Waals surface area contributed by atoms with Crippen LogP contribution in [0.15, 0.2) is 36.9 Å². The van der Waals surface area contributed by atoms with Gasteiger partial charge in [-0.3, -0.25) is 9.59 Å². The number of carbonyl (C=O) groups is 2. The minimum atomic E-state index is -0.0877. The first-order chi connectivity index (χ1) is 9.52. The van der Waals surface area contributed by atoms with Crippen molar-refractivity contribution in [1.82, 2.24) is 10.2 Å². The number of carbonyl (C=O) groups excluding carboxylic acids is 2. The van der Waals surface area contributed by atoms with Crippen molar-refractivity contribution < 1.29 is 9.59 Å². The molecule has 0 radical (unpaired) electrons. The lowest BCUT2D eigenvalue weighted by molar-refractivity contribution is -0.129. The number of nitrogens with one attached hydrogen (secondary N) is 1. The molecule has 5 heteroatoms. The van der Waals surface area contributed by atoms with E-state index in [1.165, 1.54) is 6.92 Å². The van der Waals surface area contributed by atoms with Crippen molar-refractivity contribution in [2.45, 2.75) is 19.9 Å². The molecule has 1 aromatic carbocycles. The van der Waals surface area contributed by atoms with Gasteiger partial charge >= 0.3 is 0 Å². The SMILES string of the molecule is C=CCN(CCC(=O)NCc1ccc(Cl)cc1)C(C)=O. The largest absolute Gasteiger partial charge is 0.352 e. The Morgan fingerprint density at radius 2 is 2.00 bits per heavy atom. The first kappa shape index (κ1) is 16.2. The monoisotopic (exact) mass is 294 g/mol. The lowest BCUT2D eigenvalue weighted by Gasteiger charge is -2.18. The predicted molar refractivity (Wildman–Crippen MR) is 80.4 cm³/mol. The summed E-state index contributed by atoms with van der Waals surface area (Å²) in [7, 11) is 0. The van der Waals surface area contributed by atoms with Crippen LogP contribution in [0.1, 0.15) is 18.9 Å². The number of nitrogens with zero attached hydrogens (tertiary/aromatic N) is 1. The van der Waals surface area contributed by atoms with E-state index in [4.69, 9.17) is 11.6 Å². The summed E-state index contributed by atoms with van der Waals surface area (Å²) in [6.07, 6.45) is 1.92. The van der Waals surface area contributed by atoms with Crippen LogP contribution in [-0.2, 0) is 16.1 Å². The Kier molecular flexibility index (Phi) is 6.81. The standard InChI is InChI=1S/C15H19ClN2O2/c1-3-9-18(12(2)19)10-8-15(20)17-11-13-4-6-14(16)7-5-13/h3-7H,1,8-11H2,2H3,(H,17,20). The van der Waals surface area contributed by atoms with E-state index < -0.39 is 0 Å². The smallest absolute Gasteiger partial charge is 0.222 e. The van der Waals surface area contributed by atoms with Gasteiger partial charge in [0.15, 0.2) is 0 Å². The summed E-state index contributed by atoms with van der Waals surface area (Å²) in [5.41, 5.74) is 0.984. The molecule has 1 aromatic rings. The summed E-state index contributed by atoms with van der Waals surface area (Å²) in [5, 5.41) is 3.48. The minimum absolute atomic E-state index is 0.0598. The average molecular weight is 295 g/mol. The minimum Gasteiger partial charge on any atom is -0.352 e. The fourth-order valence-corrected chi connectivity index (χ4v) is 1.79. The van der Waals surface area contributed by atoms with E-state index in [2.05, 4.69) is 11.9 Å². The van der Waals surface area contributed by atoms with E-state index in [9.17, 15) is 9.59 Å². The Bertz CT molecular complexity index is 471. The molecular formula is C15H19ClN2O2. The van der Waals surface area contributed by atoms with E-state index in [0.29, 0.717) is 24.7 Å². The van der Waals surface area contributed by atoms with Crippen LogP contribution in [0.25, 0.3) is 0 Å². The number of benzene rings is 1. The van der Waals surface area contributed by atoms with Crippen LogP contribution in [0.3, 0.4) is 0 Å². The Morgan fingerprint density at radius 3 is 2.55 bits per heavy atom. The number of hydrogen-bond acceptors (Lipinski definition) is 2. The van der Waals surface area contributed by atoms with Crippen LogP contribution in [0.4, 0.5) is 0 Å². The molecule has 0 unspecified atom stereocenters. The summed E-state index contributed by atoms with van der Waals surface area (Å²) in [4.78, 5) is 24.6. The third-order valence-electron chi connectivity index (χ3n) is 2.81. The molecule has 0 aromatic heterocycles. The van der Waals surface area contributed by atoms with Gasteiger partial charge < -0.3 is 10.2 Å². The van der Waals surface area contributed by atoms with E-state index in [1.54, 1.807) is 23.1 Å². The van der Waals surface area contributed by atoms with Crippen molar-refractivity contribution >= 4 is 23.4 Å². The highest BCUT2D eigenvalue weighted by atomic mass is 35.5. The zero-order valence-corrected chi connectivity index (χ0v) is 12.3. The van der Waals surface area contributed by atoms with Crippen molar-refractivity contribution in [3.63, 3.8) is 0 Å². The number of hydrogen-bond donors (Lipinski definition) is 1.